The number of aromatic nitrogens is 2. The molecule has 8 heteroatoms. The highest BCUT2D eigenvalue weighted by molar-refractivity contribution is 6.08. The van der Waals surface area contributed by atoms with Crippen molar-refractivity contribution < 1.29 is 19.4 Å². The van der Waals surface area contributed by atoms with Gasteiger partial charge in [0.15, 0.2) is 0 Å². The number of aryl methyl sites for hydroxylation is 1. The van der Waals surface area contributed by atoms with E-state index in [1.54, 1.807) is 19.2 Å². The van der Waals surface area contributed by atoms with Crippen LogP contribution >= 0.6 is 0 Å². The number of amides is 2. The molecule has 3 N–H and O–H groups in total. The molecule has 1 atom stereocenters. The third-order valence-electron chi connectivity index (χ3n) is 5.02. The van der Waals surface area contributed by atoms with Crippen molar-refractivity contribution in [2.75, 3.05) is 19.0 Å². The summed E-state index contributed by atoms with van der Waals surface area (Å²) in [5.74, 6) is 0.822. The van der Waals surface area contributed by atoms with E-state index >= 15 is 0 Å². The molecule has 0 saturated carbocycles. The number of benzene rings is 2. The van der Waals surface area contributed by atoms with E-state index in [0.717, 1.165) is 5.56 Å². The van der Waals surface area contributed by atoms with E-state index in [1.807, 2.05) is 42.7 Å². The van der Waals surface area contributed by atoms with E-state index in [1.165, 1.54) is 6.92 Å². The number of anilines is 1. The molecule has 0 aliphatic rings. The van der Waals surface area contributed by atoms with Gasteiger partial charge in [0.25, 0.3) is 5.91 Å². The van der Waals surface area contributed by atoms with Crippen molar-refractivity contribution in [3.05, 3.63) is 42.0 Å². The van der Waals surface area contributed by atoms with Crippen molar-refractivity contribution >= 4 is 28.5 Å². The van der Waals surface area contributed by atoms with Crippen LogP contribution in [0.3, 0.4) is 0 Å². The van der Waals surface area contributed by atoms with Gasteiger partial charge in [-0.25, -0.2) is 4.98 Å². The molecule has 0 aliphatic heterocycles. The number of hydrogen-bond acceptors (Lipinski definition) is 5. The molecule has 0 aliphatic carbocycles. The lowest BCUT2D eigenvalue weighted by molar-refractivity contribution is -0.114. The minimum Gasteiger partial charge on any atom is -0.497 e. The molecule has 3 aromatic rings. The van der Waals surface area contributed by atoms with Crippen molar-refractivity contribution in [1.82, 2.24) is 14.9 Å². The van der Waals surface area contributed by atoms with Crippen molar-refractivity contribution in [2.45, 2.75) is 39.8 Å². The Morgan fingerprint density at radius 3 is 2.65 bits per heavy atom. The van der Waals surface area contributed by atoms with E-state index in [2.05, 4.69) is 10.6 Å². The number of carbonyl (C=O) groups excluding carboxylic acids is 2. The Labute approximate surface area is 181 Å². The second-order valence-corrected chi connectivity index (χ2v) is 7.26. The smallest absolute Gasteiger partial charge is 0.253 e. The third-order valence-corrected chi connectivity index (χ3v) is 5.02. The minimum atomic E-state index is -0.624. The molecule has 8 nitrogen and oxygen atoms in total. The molecule has 0 fully saturated rings. The molecule has 3 rings (SSSR count). The van der Waals surface area contributed by atoms with Gasteiger partial charge in [-0.1, -0.05) is 19.1 Å². The van der Waals surface area contributed by atoms with Crippen LogP contribution in [-0.2, 0) is 11.3 Å². The molecule has 0 saturated heterocycles. The van der Waals surface area contributed by atoms with Gasteiger partial charge in [0.1, 0.15) is 11.6 Å². The molecule has 1 aromatic heterocycles. The number of aliphatic hydroxyl groups excluding tert-OH is 1. The Morgan fingerprint density at radius 2 is 2.00 bits per heavy atom. The fourth-order valence-corrected chi connectivity index (χ4v) is 3.46. The molecule has 2 aromatic carbocycles. The molecule has 0 bridgehead atoms. The Morgan fingerprint density at radius 1 is 1.23 bits per heavy atom. The van der Waals surface area contributed by atoms with Crippen molar-refractivity contribution in [3.63, 3.8) is 0 Å². The number of nitrogens with zero attached hydrogens (tertiary/aromatic N) is 2. The number of imidazole rings is 1. The van der Waals surface area contributed by atoms with Crippen molar-refractivity contribution in [2.24, 2.45) is 0 Å². The van der Waals surface area contributed by atoms with E-state index in [4.69, 9.17) is 9.72 Å². The molecule has 2 amide bonds. The maximum atomic E-state index is 13.0. The minimum absolute atomic E-state index is 0.143. The summed E-state index contributed by atoms with van der Waals surface area (Å²) in [5.41, 5.74) is 2.98. The summed E-state index contributed by atoms with van der Waals surface area (Å²) in [6.07, 6.45) is -0.0875. The Kier molecular flexibility index (Phi) is 6.91. The molecule has 1 unspecified atom stereocenters. The zero-order chi connectivity index (χ0) is 22.5. The van der Waals surface area contributed by atoms with Crippen LogP contribution in [0.4, 0.5) is 5.69 Å². The van der Waals surface area contributed by atoms with Gasteiger partial charge in [-0.05, 0) is 37.6 Å². The molecule has 0 spiro atoms. The van der Waals surface area contributed by atoms with Gasteiger partial charge in [-0.15, -0.1) is 0 Å². The van der Waals surface area contributed by atoms with Crippen LogP contribution in [0, 0.1) is 0 Å². The standard InChI is InChI=1S/C23H28N4O4/c1-5-17(29)13-24-23(30)19-11-16(25-14(3)28)12-20-21(19)27(6-2)22(26-20)15-8-7-9-18(10-15)31-4/h7-12,17,29H,5-6,13H2,1-4H3,(H,24,30)(H,25,28). The van der Waals surface area contributed by atoms with E-state index in [9.17, 15) is 14.7 Å². The van der Waals surface area contributed by atoms with Crippen LogP contribution in [0.2, 0.25) is 0 Å². The van der Waals surface area contributed by atoms with Gasteiger partial charge < -0.3 is 25.0 Å². The van der Waals surface area contributed by atoms with Gasteiger partial charge in [0.05, 0.1) is 29.8 Å². The Balaban J connectivity index is 2.18. The van der Waals surface area contributed by atoms with E-state index < -0.39 is 6.10 Å². The first-order valence-corrected chi connectivity index (χ1v) is 10.3. The summed E-state index contributed by atoms with van der Waals surface area (Å²) < 4.78 is 7.31. The van der Waals surface area contributed by atoms with Crippen LogP contribution in [-0.4, -0.2) is 46.2 Å². The van der Waals surface area contributed by atoms with E-state index in [0.29, 0.717) is 46.8 Å². The monoisotopic (exact) mass is 424 g/mol. The summed E-state index contributed by atoms with van der Waals surface area (Å²) in [6, 6.07) is 11.0. The van der Waals surface area contributed by atoms with Crippen LogP contribution in [0.1, 0.15) is 37.6 Å². The Hall–Kier alpha value is -3.39. The number of rotatable bonds is 8. The largest absolute Gasteiger partial charge is 0.497 e. The molecule has 1 heterocycles. The molecular weight excluding hydrogens is 396 g/mol. The van der Waals surface area contributed by atoms with Gasteiger partial charge in [-0.3, -0.25) is 9.59 Å². The van der Waals surface area contributed by atoms with E-state index in [-0.39, 0.29) is 18.4 Å². The normalized spacial score (nSPS) is 11.9. The number of nitrogens with one attached hydrogen (secondary N) is 2. The second-order valence-electron chi connectivity index (χ2n) is 7.26. The fraction of sp³-hybridized carbons (Fsp3) is 0.348. The molecular formula is C23H28N4O4. The lowest BCUT2D eigenvalue weighted by atomic mass is 10.1. The van der Waals surface area contributed by atoms with Crippen LogP contribution in [0.25, 0.3) is 22.4 Å². The quantitative estimate of drug-likeness (QED) is 0.515. The number of hydrogen-bond donors (Lipinski definition) is 3. The van der Waals surface area contributed by atoms with Gasteiger partial charge in [-0.2, -0.15) is 0 Å². The van der Waals surface area contributed by atoms with Crippen molar-refractivity contribution in [3.8, 4) is 17.1 Å². The average Bonchev–Trinajstić information content (AvgIpc) is 3.14. The van der Waals surface area contributed by atoms with Gasteiger partial charge >= 0.3 is 0 Å². The topological polar surface area (TPSA) is 105 Å². The lowest BCUT2D eigenvalue weighted by Gasteiger charge is -2.13. The second kappa shape index (κ2) is 9.61. The average molecular weight is 425 g/mol. The molecule has 0 radical (unpaired) electrons. The first-order valence-electron chi connectivity index (χ1n) is 10.3. The van der Waals surface area contributed by atoms with Crippen LogP contribution < -0.4 is 15.4 Å². The summed E-state index contributed by atoms with van der Waals surface area (Å²) in [5, 5.41) is 15.4. The van der Waals surface area contributed by atoms with Crippen molar-refractivity contribution in [1.29, 1.82) is 0 Å². The highest BCUT2D eigenvalue weighted by Gasteiger charge is 2.21. The molecule has 31 heavy (non-hydrogen) atoms. The summed E-state index contributed by atoms with van der Waals surface area (Å²) in [4.78, 5) is 29.4. The summed E-state index contributed by atoms with van der Waals surface area (Å²) in [6.45, 7) is 5.96. The first-order chi connectivity index (χ1) is 14.9. The Bertz CT molecular complexity index is 1110. The van der Waals surface area contributed by atoms with Crippen LogP contribution in [0.5, 0.6) is 5.75 Å². The first kappa shape index (κ1) is 22.3. The van der Waals surface area contributed by atoms with Crippen LogP contribution in [0.15, 0.2) is 36.4 Å². The summed E-state index contributed by atoms with van der Waals surface area (Å²) in [7, 11) is 1.61. The predicted molar refractivity (Wildman–Crippen MR) is 120 cm³/mol. The highest BCUT2D eigenvalue weighted by atomic mass is 16.5. The number of carbonyl (C=O) groups is 2. The molecule has 164 valence electrons. The zero-order valence-electron chi connectivity index (χ0n) is 18.2. The number of fused-ring (bicyclic) bond motifs is 1. The number of methoxy groups -OCH3 is 1. The highest BCUT2D eigenvalue weighted by Crippen LogP contribution is 2.31. The maximum Gasteiger partial charge on any atom is 0.253 e. The SMILES string of the molecule is CCC(O)CNC(=O)c1cc(NC(C)=O)cc2nc(-c3cccc(OC)c3)n(CC)c12. The fourth-order valence-electron chi connectivity index (χ4n) is 3.46. The summed E-state index contributed by atoms with van der Waals surface area (Å²) >= 11 is 0. The zero-order valence-corrected chi connectivity index (χ0v) is 18.2. The maximum absolute atomic E-state index is 13.0. The number of ether oxygens (including phenoxy) is 1. The predicted octanol–water partition coefficient (Wildman–Crippen LogP) is 3.19. The number of aliphatic hydroxyl groups is 1. The van der Waals surface area contributed by atoms with Gasteiger partial charge in [0, 0.05) is 31.3 Å². The van der Waals surface area contributed by atoms with Gasteiger partial charge in [0.2, 0.25) is 5.91 Å². The lowest BCUT2D eigenvalue weighted by Crippen LogP contribution is -2.32. The third kappa shape index (κ3) is 4.86.